The maximum absolute atomic E-state index is 15.3. The van der Waals surface area contributed by atoms with Crippen LogP contribution >= 0.6 is 0 Å². The first-order chi connectivity index (χ1) is 25.5. The fraction of sp³-hybridized carbons (Fsp3) is 0.364. The van der Waals surface area contributed by atoms with E-state index >= 15 is 10.2 Å². The maximum Gasteiger partial charge on any atom is 0.123 e. The van der Waals surface area contributed by atoms with E-state index in [-0.39, 0.29) is 11.5 Å². The van der Waals surface area contributed by atoms with Crippen LogP contribution in [0.4, 0.5) is 34.1 Å². The molecule has 0 bridgehead atoms. The summed E-state index contributed by atoms with van der Waals surface area (Å²) in [5.41, 5.74) is 6.61. The van der Waals surface area contributed by atoms with Gasteiger partial charge in [-0.15, -0.1) is 12.2 Å². The number of phenolic OH excluding ortho intramolecular Hbond substituents is 2. The molecule has 1 aliphatic carbocycles. The summed E-state index contributed by atoms with van der Waals surface area (Å²) >= 11 is 0. The third-order valence-corrected chi connectivity index (χ3v) is 11.4. The van der Waals surface area contributed by atoms with E-state index in [9.17, 15) is 10.2 Å². The van der Waals surface area contributed by atoms with Crippen LogP contribution in [-0.4, -0.2) is 107 Å². The molecular formula is C44H52N6O4-2. The van der Waals surface area contributed by atoms with Crippen molar-refractivity contribution in [2.24, 2.45) is 0 Å². The van der Waals surface area contributed by atoms with Crippen LogP contribution in [0, 0.1) is 0 Å². The van der Waals surface area contributed by atoms with Gasteiger partial charge in [0, 0.05) is 140 Å². The standard InChI is InChI=1S/C44H52N6O4/c1-45(2)25-17-13-15-23-31(25)41(49(9)10)35-27(47(5)6)19-21-29(51)37(35)33(23)39-43(53)40(44(39)54)34-24-16-14-18-26(46(3)4)32(24)42(50(11)12)36-28(48(7)8)20-22-30(52)38(34)36/h13-22,39-40,43-44,51-52H,1-12H3/q-2. The molecular weight excluding hydrogens is 677 g/mol. The second kappa shape index (κ2) is 13.2. The monoisotopic (exact) mass is 728 g/mol. The van der Waals surface area contributed by atoms with Crippen molar-refractivity contribution in [2.45, 2.75) is 24.0 Å². The molecule has 10 heteroatoms. The molecule has 0 amide bonds. The summed E-state index contributed by atoms with van der Waals surface area (Å²) in [4.78, 5) is 12.2. The van der Waals surface area contributed by atoms with Crippen molar-refractivity contribution in [3.8, 4) is 11.5 Å². The molecule has 0 spiro atoms. The van der Waals surface area contributed by atoms with Gasteiger partial charge in [-0.2, -0.15) is 0 Å². The highest BCUT2D eigenvalue weighted by Gasteiger charge is 2.43. The third-order valence-electron chi connectivity index (χ3n) is 11.4. The smallest absolute Gasteiger partial charge is 0.123 e. The Labute approximate surface area is 318 Å². The van der Waals surface area contributed by atoms with Crippen LogP contribution in [0.1, 0.15) is 23.0 Å². The predicted molar refractivity (Wildman–Crippen MR) is 225 cm³/mol. The number of benzene rings is 6. The van der Waals surface area contributed by atoms with Crippen LogP contribution < -0.4 is 39.6 Å². The Balaban J connectivity index is 1.61. The SMILES string of the molecule is CN(C)c1cccc2c(C3C([O-])C(c4c5cccc(N(C)C)c5c(N(C)C)c5c(N(C)C)ccc(O)c45)C3[O-])c3c(O)ccc(N(C)C)c3c(N(C)C)c12. The third kappa shape index (κ3) is 5.21. The number of aromatic hydroxyl groups is 2. The number of hydrogen-bond acceptors (Lipinski definition) is 10. The summed E-state index contributed by atoms with van der Waals surface area (Å²) in [7, 11) is 23.7. The lowest BCUT2D eigenvalue weighted by Gasteiger charge is -2.62. The van der Waals surface area contributed by atoms with Gasteiger partial charge < -0.3 is 49.8 Å². The highest BCUT2D eigenvalue weighted by atomic mass is 16.3. The summed E-state index contributed by atoms with van der Waals surface area (Å²) in [5.74, 6) is -1.90. The molecule has 0 aliphatic heterocycles. The van der Waals surface area contributed by atoms with Crippen molar-refractivity contribution >= 4 is 77.2 Å². The minimum atomic E-state index is -1.38. The lowest BCUT2D eigenvalue weighted by molar-refractivity contribution is -0.535. The van der Waals surface area contributed by atoms with E-state index in [4.69, 9.17) is 0 Å². The zero-order valence-electron chi connectivity index (χ0n) is 33.5. The zero-order valence-corrected chi connectivity index (χ0v) is 33.5. The Morgan fingerprint density at radius 3 is 1.00 bits per heavy atom. The number of rotatable bonds is 8. The van der Waals surface area contributed by atoms with Crippen LogP contribution in [0.15, 0.2) is 60.7 Å². The normalized spacial score (nSPS) is 18.3. The molecule has 1 fully saturated rings. The number of hydrogen-bond donors (Lipinski definition) is 2. The molecule has 2 N–H and O–H groups in total. The molecule has 6 aromatic carbocycles. The van der Waals surface area contributed by atoms with Gasteiger partial charge in [-0.05, 0) is 70.1 Å². The van der Waals surface area contributed by atoms with Crippen molar-refractivity contribution in [3.63, 3.8) is 0 Å². The van der Waals surface area contributed by atoms with Gasteiger partial charge >= 0.3 is 0 Å². The van der Waals surface area contributed by atoms with Crippen molar-refractivity contribution < 1.29 is 20.4 Å². The van der Waals surface area contributed by atoms with E-state index in [1.165, 1.54) is 0 Å². The van der Waals surface area contributed by atoms with Crippen LogP contribution in [0.25, 0.3) is 43.1 Å². The molecule has 6 aromatic rings. The first-order valence-corrected chi connectivity index (χ1v) is 18.3. The quantitative estimate of drug-likeness (QED) is 0.197. The molecule has 0 unspecified atom stereocenters. The number of fused-ring (bicyclic) bond motifs is 4. The second-order valence-electron chi connectivity index (χ2n) is 16.0. The lowest BCUT2D eigenvalue weighted by Crippen LogP contribution is -2.63. The van der Waals surface area contributed by atoms with Crippen molar-refractivity contribution in [2.75, 3.05) is 114 Å². The minimum Gasteiger partial charge on any atom is -0.851 e. The Morgan fingerprint density at radius 2 is 0.704 bits per heavy atom. The van der Waals surface area contributed by atoms with E-state index in [1.807, 2.05) is 153 Å². The number of anilines is 6. The van der Waals surface area contributed by atoms with Gasteiger partial charge in [-0.25, -0.2) is 0 Å². The van der Waals surface area contributed by atoms with Crippen LogP contribution in [0.3, 0.4) is 0 Å². The first kappa shape index (κ1) is 37.0. The van der Waals surface area contributed by atoms with E-state index in [2.05, 4.69) is 9.80 Å². The first-order valence-electron chi connectivity index (χ1n) is 18.3. The Kier molecular flexibility index (Phi) is 9.06. The van der Waals surface area contributed by atoms with Gasteiger partial charge in [0.15, 0.2) is 0 Å². The van der Waals surface area contributed by atoms with E-state index in [0.29, 0.717) is 21.9 Å². The molecule has 7 rings (SSSR count). The van der Waals surface area contributed by atoms with Gasteiger partial charge in [0.05, 0.1) is 11.4 Å². The molecule has 0 aromatic heterocycles. The van der Waals surface area contributed by atoms with Crippen molar-refractivity contribution in [3.05, 3.63) is 71.8 Å². The fourth-order valence-corrected chi connectivity index (χ4v) is 9.14. The molecule has 0 radical (unpaired) electrons. The lowest BCUT2D eigenvalue weighted by atomic mass is 9.60. The highest BCUT2D eigenvalue weighted by Crippen LogP contribution is 2.59. The van der Waals surface area contributed by atoms with Crippen LogP contribution in [0.5, 0.6) is 11.5 Å². The van der Waals surface area contributed by atoms with E-state index in [0.717, 1.165) is 66.4 Å². The molecule has 10 nitrogen and oxygen atoms in total. The molecule has 0 atom stereocenters. The van der Waals surface area contributed by atoms with Gasteiger partial charge in [0.2, 0.25) is 0 Å². The van der Waals surface area contributed by atoms with Gasteiger partial charge in [-0.1, -0.05) is 24.3 Å². The van der Waals surface area contributed by atoms with Gasteiger partial charge in [0.1, 0.15) is 11.5 Å². The topological polar surface area (TPSA) is 106 Å². The Morgan fingerprint density at radius 1 is 0.389 bits per heavy atom. The summed E-state index contributed by atoms with van der Waals surface area (Å²) in [6.07, 6.45) is -2.76. The summed E-state index contributed by atoms with van der Waals surface area (Å²) in [6.45, 7) is 0. The highest BCUT2D eigenvalue weighted by molar-refractivity contribution is 6.24. The van der Waals surface area contributed by atoms with Crippen molar-refractivity contribution in [1.82, 2.24) is 0 Å². The molecule has 54 heavy (non-hydrogen) atoms. The molecule has 0 saturated heterocycles. The Bertz CT molecular complexity index is 2280. The number of phenols is 2. The minimum absolute atomic E-state index is 0.0313. The average molecular weight is 729 g/mol. The fourth-order valence-electron chi connectivity index (χ4n) is 9.14. The summed E-state index contributed by atoms with van der Waals surface area (Å²) in [6, 6.07) is 19.1. The molecule has 0 heterocycles. The summed E-state index contributed by atoms with van der Waals surface area (Å²) in [5, 5.41) is 60.3. The average Bonchev–Trinajstić information content (AvgIpc) is 3.10. The van der Waals surface area contributed by atoms with Crippen LogP contribution in [-0.2, 0) is 0 Å². The molecule has 1 saturated carbocycles. The van der Waals surface area contributed by atoms with Crippen molar-refractivity contribution in [1.29, 1.82) is 0 Å². The predicted octanol–water partition coefficient (Wildman–Crippen LogP) is 5.45. The molecule has 284 valence electrons. The zero-order chi connectivity index (χ0) is 39.2. The summed E-state index contributed by atoms with van der Waals surface area (Å²) < 4.78 is 0. The van der Waals surface area contributed by atoms with Gasteiger partial charge in [0.25, 0.3) is 0 Å². The number of nitrogens with zero attached hydrogens (tertiary/aromatic N) is 6. The van der Waals surface area contributed by atoms with E-state index in [1.54, 1.807) is 12.1 Å². The van der Waals surface area contributed by atoms with Gasteiger partial charge in [-0.3, -0.25) is 0 Å². The maximum atomic E-state index is 15.3. The van der Waals surface area contributed by atoms with E-state index < -0.39 is 24.0 Å². The Hall–Kier alpha value is -5.32. The molecule has 1 aliphatic rings. The largest absolute Gasteiger partial charge is 0.851 e. The van der Waals surface area contributed by atoms with Crippen LogP contribution in [0.2, 0.25) is 0 Å². The second-order valence-corrected chi connectivity index (χ2v) is 16.0.